The highest BCUT2D eigenvalue weighted by Crippen LogP contribution is 2.45. The number of allylic oxidation sites excluding steroid dienone is 35. The van der Waals surface area contributed by atoms with Crippen LogP contribution >= 0.6 is 15.6 Å². The van der Waals surface area contributed by atoms with Crippen LogP contribution in [0.5, 0.6) is 0 Å². The maximum absolute atomic E-state index is 13.1. The van der Waals surface area contributed by atoms with Crippen LogP contribution in [-0.2, 0) is 65.4 Å². The van der Waals surface area contributed by atoms with Crippen LogP contribution in [0, 0.1) is 0 Å². The van der Waals surface area contributed by atoms with Crippen molar-refractivity contribution in [2.24, 2.45) is 0 Å². The van der Waals surface area contributed by atoms with E-state index in [9.17, 15) is 43.2 Å². The fourth-order valence-corrected chi connectivity index (χ4v) is 10.7. The summed E-state index contributed by atoms with van der Waals surface area (Å²) in [6.45, 7) is 4.17. The van der Waals surface area contributed by atoms with Crippen LogP contribution in [0.25, 0.3) is 0 Å². The summed E-state index contributed by atoms with van der Waals surface area (Å²) < 4.78 is 68.3. The normalized spacial score (nSPS) is 15.0. The Morgan fingerprint density at radius 3 is 0.915 bits per heavy atom. The Bertz CT molecular complexity index is 2880. The van der Waals surface area contributed by atoms with Gasteiger partial charge in [-0.05, 0) is 161 Å². The Morgan fingerprint density at radius 2 is 0.557 bits per heavy atom. The predicted molar refractivity (Wildman–Crippen MR) is 435 cm³/mol. The first-order valence-electron chi connectivity index (χ1n) is 39.0. The monoisotopic (exact) mass is 1510 g/mol. The van der Waals surface area contributed by atoms with Gasteiger partial charge in [-0.3, -0.25) is 37.3 Å². The highest BCUT2D eigenvalue weighted by Gasteiger charge is 2.30. The van der Waals surface area contributed by atoms with Crippen LogP contribution < -0.4 is 0 Å². The minimum absolute atomic E-state index is 0.0118. The van der Waals surface area contributed by atoms with E-state index in [0.717, 1.165) is 135 Å². The smallest absolute Gasteiger partial charge is 0.462 e. The molecule has 0 aromatic heterocycles. The highest BCUT2D eigenvalue weighted by molar-refractivity contribution is 7.47. The number of hydrogen-bond acceptors (Lipinski definition) is 15. The maximum Gasteiger partial charge on any atom is 0.472 e. The number of rotatable bonds is 70. The quantitative estimate of drug-likeness (QED) is 0.0169. The first-order valence-corrected chi connectivity index (χ1v) is 42.0. The fourth-order valence-electron chi connectivity index (χ4n) is 9.15. The summed E-state index contributed by atoms with van der Waals surface area (Å²) in [6.07, 6.45) is 96.9. The van der Waals surface area contributed by atoms with Crippen molar-refractivity contribution in [2.45, 2.75) is 264 Å². The summed E-state index contributed by atoms with van der Waals surface area (Å²) in [6, 6.07) is 0. The molecular weight excluding hydrogens is 1380 g/mol. The van der Waals surface area contributed by atoms with Crippen LogP contribution in [0.1, 0.15) is 246 Å². The predicted octanol–water partition coefficient (Wildman–Crippen LogP) is 22.9. The van der Waals surface area contributed by atoms with Crippen LogP contribution in [-0.4, -0.2) is 96.7 Å². The van der Waals surface area contributed by atoms with Crippen LogP contribution in [0.15, 0.2) is 219 Å². The summed E-state index contributed by atoms with van der Waals surface area (Å²) in [7, 11) is -10.1. The lowest BCUT2D eigenvalue weighted by Crippen LogP contribution is -2.30. The molecule has 0 rings (SSSR count). The zero-order chi connectivity index (χ0) is 77.4. The van der Waals surface area contributed by atoms with Crippen LogP contribution in [0.4, 0.5) is 0 Å². The van der Waals surface area contributed by atoms with Gasteiger partial charge in [-0.25, -0.2) is 9.13 Å². The molecule has 5 unspecified atom stereocenters. The third kappa shape index (κ3) is 75.6. The summed E-state index contributed by atoms with van der Waals surface area (Å²) in [4.78, 5) is 72.9. The molecule has 0 heterocycles. The first-order chi connectivity index (χ1) is 51.7. The molecule has 0 aliphatic rings. The second-order valence-corrected chi connectivity index (χ2v) is 27.7. The summed E-state index contributed by atoms with van der Waals surface area (Å²) >= 11 is 0. The number of ether oxygens (including phenoxy) is 4. The van der Waals surface area contributed by atoms with Crippen molar-refractivity contribution >= 4 is 39.5 Å². The zero-order valence-corrected chi connectivity index (χ0v) is 66.5. The molecule has 0 aromatic carbocycles. The number of phosphoric acid groups is 2. The van der Waals surface area contributed by atoms with Gasteiger partial charge in [-0.1, -0.05) is 279 Å². The Morgan fingerprint density at radius 1 is 0.283 bits per heavy atom. The van der Waals surface area contributed by atoms with E-state index in [4.69, 9.17) is 37.0 Å². The molecule has 0 bridgehead atoms. The molecule has 0 saturated carbocycles. The lowest BCUT2D eigenvalue weighted by molar-refractivity contribution is -0.161. The lowest BCUT2D eigenvalue weighted by Gasteiger charge is -2.21. The Kier molecular flexibility index (Phi) is 71.8. The number of aliphatic hydroxyl groups is 1. The highest BCUT2D eigenvalue weighted by atomic mass is 31.2. The van der Waals surface area contributed by atoms with Crippen LogP contribution in [0.2, 0.25) is 0 Å². The molecule has 594 valence electrons. The summed E-state index contributed by atoms with van der Waals surface area (Å²) in [5.74, 6) is -2.54. The second kappa shape index (κ2) is 76.6. The molecule has 0 radical (unpaired) electrons. The number of unbranched alkanes of at least 4 members (excludes halogenated alkanes) is 9. The molecule has 0 amide bonds. The average Bonchev–Trinajstić information content (AvgIpc) is 0.902. The van der Waals surface area contributed by atoms with Crippen molar-refractivity contribution in [3.63, 3.8) is 0 Å². The van der Waals surface area contributed by atoms with E-state index in [1.54, 1.807) is 6.08 Å². The number of carbonyl (C=O) groups excluding carboxylic acids is 4. The molecule has 106 heavy (non-hydrogen) atoms. The number of hydrogen-bond donors (Lipinski definition) is 3. The van der Waals surface area contributed by atoms with Gasteiger partial charge < -0.3 is 33.8 Å². The molecule has 17 nitrogen and oxygen atoms in total. The van der Waals surface area contributed by atoms with Crippen LogP contribution in [0.3, 0.4) is 0 Å². The first kappa shape index (κ1) is 99.4. The van der Waals surface area contributed by atoms with E-state index in [0.29, 0.717) is 38.5 Å². The molecule has 0 fully saturated rings. The van der Waals surface area contributed by atoms with E-state index in [1.165, 1.54) is 19.3 Å². The summed E-state index contributed by atoms with van der Waals surface area (Å²) in [5, 5.41) is 10.6. The molecule has 0 aliphatic heterocycles. The van der Waals surface area contributed by atoms with E-state index >= 15 is 0 Å². The number of aliphatic hydroxyl groups excluding tert-OH is 1. The standard InChI is InChI=1S/C87H134O17P2/c1-5-9-13-17-21-25-29-33-37-39-40-42-45-48-52-56-60-64-68-72-85(90)98-78-83(104-87(92)74-70-66-62-58-54-50-46-41-38-34-30-26-22-18-14-10-6-2)80-102-106(95,96)100-76-81(88)75-99-105(93,94)101-79-82(103-86(91)73-69-65-61-57-53-49-44-36-32-28-24-20-16-12-8-4)77-97-84(89)71-67-63-59-55-51-47-43-35-31-27-23-19-15-11-7-3/h9-11,13-15,21-28,33-38,40,42-44,46,48,50-52,55,58,60,62-64,67,81-83,88H,5-8,12,16-20,29-32,39,41,45,47,49,53-54,56-57,59,61,65-66,68-80H2,1-4H3,(H,93,94)(H,95,96)/b13-9-,14-10-,15-11-,25-21-,26-22-,27-23-,28-24-,37-33-,38-34-,42-40-,43-35-,44-36-,50-46-,52-48-,55-51-,62-58-,64-60-,67-63-. The molecule has 5 atom stereocenters. The average molecular weight is 1510 g/mol. The van der Waals surface area contributed by atoms with Crippen molar-refractivity contribution in [1.29, 1.82) is 0 Å². The van der Waals surface area contributed by atoms with Gasteiger partial charge in [0.1, 0.15) is 19.3 Å². The van der Waals surface area contributed by atoms with Gasteiger partial charge in [-0.2, -0.15) is 0 Å². The lowest BCUT2D eigenvalue weighted by atomic mass is 10.1. The third-order valence-corrected chi connectivity index (χ3v) is 16.9. The Hall–Kier alpha value is -6.62. The largest absolute Gasteiger partial charge is 0.472 e. The minimum Gasteiger partial charge on any atom is -0.462 e. The van der Waals surface area contributed by atoms with Gasteiger partial charge >= 0.3 is 39.5 Å². The molecular formula is C87H134O17P2. The SMILES string of the molecule is CC/C=C\C/C=C\C/C=C\C/C=C\C/C=C\C/C=C\CCC(=O)OCC(COP(=O)(O)OCC(O)COP(=O)(O)OCC(COC(=O)C/C=C\C/C=C\C/C=C\C/C=C\C/C=C\CC)OC(=O)CCCCCCC/C=C\C/C=C\CCCCC)OC(=O)CCC/C=C\C/C=C\C/C=C\C/C=C\C/C=C\CC. The molecule has 0 aliphatic carbocycles. The van der Waals surface area contributed by atoms with Crippen molar-refractivity contribution in [3.05, 3.63) is 219 Å². The zero-order valence-electron chi connectivity index (χ0n) is 64.8. The van der Waals surface area contributed by atoms with Gasteiger partial charge in [-0.15, -0.1) is 0 Å². The Balaban J connectivity index is 5.59. The Labute approximate surface area is 639 Å². The van der Waals surface area contributed by atoms with Crippen molar-refractivity contribution in [2.75, 3.05) is 39.6 Å². The van der Waals surface area contributed by atoms with E-state index in [-0.39, 0.29) is 25.7 Å². The van der Waals surface area contributed by atoms with Crippen molar-refractivity contribution < 1.29 is 80.2 Å². The van der Waals surface area contributed by atoms with E-state index in [2.05, 4.69) is 192 Å². The molecule has 0 saturated heterocycles. The van der Waals surface area contributed by atoms with Gasteiger partial charge in [0.15, 0.2) is 12.2 Å². The van der Waals surface area contributed by atoms with E-state index < -0.39 is 97.5 Å². The van der Waals surface area contributed by atoms with Gasteiger partial charge in [0.2, 0.25) is 0 Å². The topological polar surface area (TPSA) is 237 Å². The molecule has 0 aromatic rings. The second-order valence-electron chi connectivity index (χ2n) is 24.8. The molecule has 19 heteroatoms. The van der Waals surface area contributed by atoms with Gasteiger partial charge in [0.25, 0.3) is 0 Å². The van der Waals surface area contributed by atoms with Crippen molar-refractivity contribution in [1.82, 2.24) is 0 Å². The molecule has 0 spiro atoms. The van der Waals surface area contributed by atoms with Gasteiger partial charge in [0.05, 0.1) is 32.8 Å². The number of phosphoric ester groups is 2. The fraction of sp³-hybridized carbons (Fsp3) is 0.540. The molecule has 3 N–H and O–H groups in total. The minimum atomic E-state index is -5.03. The summed E-state index contributed by atoms with van der Waals surface area (Å²) in [5.41, 5.74) is 0. The maximum atomic E-state index is 13.1. The van der Waals surface area contributed by atoms with Crippen molar-refractivity contribution in [3.8, 4) is 0 Å². The van der Waals surface area contributed by atoms with E-state index in [1.807, 2.05) is 48.6 Å². The number of esters is 4. The third-order valence-electron chi connectivity index (χ3n) is 15.0. The number of carbonyl (C=O) groups is 4. The van der Waals surface area contributed by atoms with Gasteiger partial charge in [0, 0.05) is 19.3 Å².